The van der Waals surface area contributed by atoms with Crippen LogP contribution in [0.15, 0.2) is 6.20 Å². The van der Waals surface area contributed by atoms with Crippen LogP contribution >= 0.6 is 0 Å². The number of aromatic nitrogens is 1. The molecule has 1 aromatic heterocycles. The molecular weight excluding hydrogens is 354 g/mol. The van der Waals surface area contributed by atoms with Gasteiger partial charge in [-0.25, -0.2) is 4.98 Å². The molecular formula is C22H31N3O3. The highest BCUT2D eigenvalue weighted by Crippen LogP contribution is 2.56. The van der Waals surface area contributed by atoms with Gasteiger partial charge in [-0.2, -0.15) is 0 Å². The first-order valence-corrected chi connectivity index (χ1v) is 10.8. The molecule has 1 N–H and O–H groups in total. The first-order valence-electron chi connectivity index (χ1n) is 10.8. The van der Waals surface area contributed by atoms with Crippen molar-refractivity contribution in [2.75, 3.05) is 38.2 Å². The van der Waals surface area contributed by atoms with Crippen molar-refractivity contribution < 1.29 is 14.3 Å². The molecule has 1 saturated carbocycles. The van der Waals surface area contributed by atoms with Gasteiger partial charge in [0.15, 0.2) is 0 Å². The van der Waals surface area contributed by atoms with E-state index in [2.05, 4.69) is 19.2 Å². The monoisotopic (exact) mass is 385 g/mol. The molecule has 2 bridgehead atoms. The van der Waals surface area contributed by atoms with Crippen molar-refractivity contribution in [1.29, 1.82) is 0 Å². The Hall–Kier alpha value is -1.66. The van der Waals surface area contributed by atoms with Crippen molar-refractivity contribution in [3.8, 4) is 0 Å². The van der Waals surface area contributed by atoms with Crippen molar-refractivity contribution in [3.63, 3.8) is 0 Å². The quantitative estimate of drug-likeness (QED) is 0.865. The van der Waals surface area contributed by atoms with E-state index in [-0.39, 0.29) is 11.5 Å². The van der Waals surface area contributed by atoms with E-state index in [0.29, 0.717) is 44.2 Å². The fraction of sp³-hybridized carbons (Fsp3) is 0.727. The molecule has 2 aliphatic carbocycles. The number of hydrogen-bond acceptors (Lipinski definition) is 5. The average Bonchev–Trinajstić information content (AvgIpc) is 3.30. The van der Waals surface area contributed by atoms with Gasteiger partial charge >= 0.3 is 0 Å². The number of carbonyl (C=O) groups excluding carboxylic acids is 1. The first-order chi connectivity index (χ1) is 13.5. The Morgan fingerprint density at radius 3 is 2.64 bits per heavy atom. The first kappa shape index (κ1) is 18.4. The van der Waals surface area contributed by atoms with E-state index in [9.17, 15) is 4.79 Å². The number of morpholine rings is 1. The van der Waals surface area contributed by atoms with Crippen molar-refractivity contribution in [2.24, 2.45) is 0 Å². The third-order valence-corrected chi connectivity index (χ3v) is 6.97. The fourth-order valence-electron chi connectivity index (χ4n) is 5.67. The van der Waals surface area contributed by atoms with Crippen LogP contribution in [0.3, 0.4) is 0 Å². The van der Waals surface area contributed by atoms with Gasteiger partial charge < -0.3 is 19.7 Å². The number of fused-ring (bicyclic) bond motifs is 5. The molecule has 1 aromatic rings. The molecule has 3 heterocycles. The van der Waals surface area contributed by atoms with Crippen molar-refractivity contribution in [3.05, 3.63) is 22.9 Å². The van der Waals surface area contributed by atoms with Crippen LogP contribution in [-0.4, -0.2) is 60.3 Å². The number of carbonyl (C=O) groups is 1. The zero-order chi connectivity index (χ0) is 19.3. The van der Waals surface area contributed by atoms with Crippen LogP contribution in [0.5, 0.6) is 0 Å². The number of rotatable bonds is 3. The molecule has 0 radical (unpaired) electrons. The summed E-state index contributed by atoms with van der Waals surface area (Å²) in [7, 11) is 0. The van der Waals surface area contributed by atoms with E-state index in [1.165, 1.54) is 30.4 Å². The van der Waals surface area contributed by atoms with Gasteiger partial charge in [0.2, 0.25) is 0 Å². The molecule has 2 saturated heterocycles. The highest BCUT2D eigenvalue weighted by molar-refractivity contribution is 5.97. The molecule has 0 spiro atoms. The SMILES string of the molecule is CC1(C)CC(Nc2ncc(C(=O)N3CCOCC3)c3c2C2CCC3C2)CCO1. The van der Waals surface area contributed by atoms with Gasteiger partial charge in [-0.15, -0.1) is 0 Å². The lowest BCUT2D eigenvalue weighted by Gasteiger charge is -2.36. The standard InChI is InChI=1S/C22H31N3O3/c1-22(2)12-16(5-8-28-22)24-20-19-15-4-3-14(11-15)18(19)17(13-23-20)21(26)25-6-9-27-10-7-25/h13-16H,3-12H2,1-2H3,(H,23,24). The van der Waals surface area contributed by atoms with Gasteiger partial charge in [0.1, 0.15) is 5.82 Å². The second-order valence-corrected chi connectivity index (χ2v) is 9.40. The van der Waals surface area contributed by atoms with Crippen LogP contribution in [0.4, 0.5) is 5.82 Å². The Kier molecular flexibility index (Phi) is 4.59. The number of ether oxygens (including phenoxy) is 2. The number of nitrogens with one attached hydrogen (secondary N) is 1. The zero-order valence-corrected chi connectivity index (χ0v) is 17.0. The van der Waals surface area contributed by atoms with E-state index in [4.69, 9.17) is 14.5 Å². The van der Waals surface area contributed by atoms with E-state index < -0.39 is 0 Å². The van der Waals surface area contributed by atoms with Gasteiger partial charge in [0.05, 0.1) is 24.4 Å². The minimum atomic E-state index is -0.0929. The highest BCUT2D eigenvalue weighted by Gasteiger charge is 2.43. The predicted molar refractivity (Wildman–Crippen MR) is 107 cm³/mol. The van der Waals surface area contributed by atoms with Crippen molar-refractivity contribution in [1.82, 2.24) is 9.88 Å². The summed E-state index contributed by atoms with van der Waals surface area (Å²) < 4.78 is 11.3. The Labute approximate surface area is 167 Å². The summed E-state index contributed by atoms with van der Waals surface area (Å²) in [5.41, 5.74) is 3.36. The van der Waals surface area contributed by atoms with E-state index in [1.807, 2.05) is 11.1 Å². The molecule has 6 nitrogen and oxygen atoms in total. The Balaban J connectivity index is 1.45. The second kappa shape index (κ2) is 6.99. The zero-order valence-electron chi connectivity index (χ0n) is 17.0. The highest BCUT2D eigenvalue weighted by atomic mass is 16.5. The Morgan fingerprint density at radius 1 is 1.14 bits per heavy atom. The number of pyridine rings is 1. The van der Waals surface area contributed by atoms with Crippen LogP contribution in [0.25, 0.3) is 0 Å². The van der Waals surface area contributed by atoms with Gasteiger partial charge in [0.25, 0.3) is 5.91 Å². The molecule has 3 fully saturated rings. The third-order valence-electron chi connectivity index (χ3n) is 6.97. The van der Waals surface area contributed by atoms with Gasteiger partial charge in [-0.3, -0.25) is 4.79 Å². The summed E-state index contributed by atoms with van der Waals surface area (Å²) in [4.78, 5) is 19.9. The van der Waals surface area contributed by atoms with Gasteiger partial charge in [-0.05, 0) is 63.4 Å². The predicted octanol–water partition coefficient (Wildman–Crippen LogP) is 3.29. The van der Waals surface area contributed by atoms with Crippen LogP contribution in [0.1, 0.15) is 79.3 Å². The Morgan fingerprint density at radius 2 is 1.89 bits per heavy atom. The lowest BCUT2D eigenvalue weighted by Crippen LogP contribution is -2.41. The third kappa shape index (κ3) is 3.20. The summed E-state index contributed by atoms with van der Waals surface area (Å²) in [6, 6.07) is 0.375. The maximum atomic E-state index is 13.2. The molecule has 5 rings (SSSR count). The number of anilines is 1. The van der Waals surface area contributed by atoms with Crippen LogP contribution in [0.2, 0.25) is 0 Å². The molecule has 0 aromatic carbocycles. The topological polar surface area (TPSA) is 63.7 Å². The summed E-state index contributed by atoms with van der Waals surface area (Å²) in [5, 5.41) is 3.73. The number of amides is 1. The minimum absolute atomic E-state index is 0.0929. The van der Waals surface area contributed by atoms with Crippen molar-refractivity contribution in [2.45, 2.75) is 69.4 Å². The van der Waals surface area contributed by atoms with E-state index >= 15 is 0 Å². The minimum Gasteiger partial charge on any atom is -0.378 e. The van der Waals surface area contributed by atoms with Gasteiger partial charge in [-0.1, -0.05) is 0 Å². The lowest BCUT2D eigenvalue weighted by atomic mass is 9.88. The summed E-state index contributed by atoms with van der Waals surface area (Å²) in [6.45, 7) is 7.72. The van der Waals surface area contributed by atoms with Crippen LogP contribution in [0, 0.1) is 0 Å². The molecule has 1 amide bonds. The largest absolute Gasteiger partial charge is 0.378 e. The smallest absolute Gasteiger partial charge is 0.255 e. The van der Waals surface area contributed by atoms with E-state index in [1.54, 1.807) is 0 Å². The fourth-order valence-corrected chi connectivity index (χ4v) is 5.67. The maximum absolute atomic E-state index is 13.2. The molecule has 6 heteroatoms. The Bertz CT molecular complexity index is 773. The molecule has 2 aliphatic heterocycles. The second-order valence-electron chi connectivity index (χ2n) is 9.40. The molecule has 3 unspecified atom stereocenters. The maximum Gasteiger partial charge on any atom is 0.255 e. The summed E-state index contributed by atoms with van der Waals surface area (Å²) in [6.07, 6.45) is 7.42. The van der Waals surface area contributed by atoms with E-state index in [0.717, 1.165) is 30.8 Å². The summed E-state index contributed by atoms with van der Waals surface area (Å²) >= 11 is 0. The number of nitrogens with zero attached hydrogens (tertiary/aromatic N) is 2. The number of hydrogen-bond donors (Lipinski definition) is 1. The van der Waals surface area contributed by atoms with Crippen LogP contribution in [-0.2, 0) is 9.47 Å². The normalized spacial score (nSPS) is 30.9. The molecule has 4 aliphatic rings. The molecule has 3 atom stereocenters. The van der Waals surface area contributed by atoms with Gasteiger partial charge in [0, 0.05) is 37.5 Å². The van der Waals surface area contributed by atoms with Crippen molar-refractivity contribution >= 4 is 11.7 Å². The average molecular weight is 386 g/mol. The molecule has 152 valence electrons. The summed E-state index contributed by atoms with van der Waals surface area (Å²) in [5.74, 6) is 2.23. The lowest BCUT2D eigenvalue weighted by molar-refractivity contribution is -0.0553. The molecule has 28 heavy (non-hydrogen) atoms. The van der Waals surface area contributed by atoms with Crippen LogP contribution < -0.4 is 5.32 Å².